The minimum absolute atomic E-state index is 0.228. The molecule has 0 saturated heterocycles. The molecule has 0 aliphatic rings. The Kier molecular flexibility index (Phi) is 2.99. The molecule has 2 heterocycles. The first kappa shape index (κ1) is 11.2. The van der Waals surface area contributed by atoms with Gasteiger partial charge in [0.05, 0.1) is 5.69 Å². The number of aryl methyl sites for hydroxylation is 1. The van der Waals surface area contributed by atoms with Gasteiger partial charge in [0.25, 0.3) is 0 Å². The van der Waals surface area contributed by atoms with Crippen molar-refractivity contribution in [3.8, 4) is 0 Å². The lowest BCUT2D eigenvalue weighted by molar-refractivity contribution is 0.631. The smallest absolute Gasteiger partial charge is 0.174 e. The molecule has 2 nitrogen and oxygen atoms in total. The Morgan fingerprint density at radius 2 is 2.19 bits per heavy atom. The van der Waals surface area contributed by atoms with Crippen molar-refractivity contribution in [3.63, 3.8) is 0 Å². The predicted octanol–water partition coefficient (Wildman–Crippen LogP) is 2.52. The molecule has 0 N–H and O–H groups in total. The van der Waals surface area contributed by atoms with E-state index in [0.717, 1.165) is 23.9 Å². The van der Waals surface area contributed by atoms with Crippen molar-refractivity contribution in [2.45, 2.75) is 33.4 Å². The number of halogens is 1. The molecule has 0 unspecified atom stereocenters. The summed E-state index contributed by atoms with van der Waals surface area (Å²) in [5.74, 6) is -0.228. The van der Waals surface area contributed by atoms with Crippen molar-refractivity contribution in [2.75, 3.05) is 0 Å². The minimum atomic E-state index is -0.228. The van der Waals surface area contributed by atoms with Crippen molar-refractivity contribution >= 4 is 17.8 Å². The molecular weight excluding hydrogens is 202 g/mol. The van der Waals surface area contributed by atoms with Crippen LogP contribution in [-0.2, 0) is 0 Å². The fourth-order valence-corrected chi connectivity index (χ4v) is 2.07. The average Bonchev–Trinajstić information content (AvgIpc) is 2.59. The minimum Gasteiger partial charge on any atom is -0.305 e. The van der Waals surface area contributed by atoms with E-state index in [1.807, 2.05) is 19.3 Å². The average molecular weight is 218 g/mol. The van der Waals surface area contributed by atoms with Crippen molar-refractivity contribution in [2.24, 2.45) is 0 Å². The third-order valence-electron chi connectivity index (χ3n) is 2.94. The lowest BCUT2D eigenvalue weighted by atomic mass is 9.45. The first-order chi connectivity index (χ1) is 7.61. The van der Waals surface area contributed by atoms with Gasteiger partial charge in [-0.05, 0) is 13.0 Å². The third kappa shape index (κ3) is 1.97. The Bertz CT molecular complexity index is 507. The van der Waals surface area contributed by atoms with Crippen LogP contribution in [0.1, 0.15) is 19.0 Å². The quantitative estimate of drug-likeness (QED) is 0.723. The monoisotopic (exact) mass is 218 g/mol. The van der Waals surface area contributed by atoms with Crippen LogP contribution in [-0.4, -0.2) is 16.1 Å². The van der Waals surface area contributed by atoms with E-state index in [9.17, 15) is 4.39 Å². The van der Waals surface area contributed by atoms with Gasteiger partial charge in [-0.15, -0.1) is 0 Å². The Morgan fingerprint density at radius 1 is 1.44 bits per heavy atom. The van der Waals surface area contributed by atoms with Crippen LogP contribution in [0.3, 0.4) is 0 Å². The highest BCUT2D eigenvalue weighted by atomic mass is 19.1. The zero-order valence-electron chi connectivity index (χ0n) is 10.00. The van der Waals surface area contributed by atoms with Gasteiger partial charge in [0.15, 0.2) is 18.2 Å². The van der Waals surface area contributed by atoms with Crippen LogP contribution in [0, 0.1) is 12.7 Å². The highest BCUT2D eigenvalue weighted by Gasteiger charge is 2.13. The van der Waals surface area contributed by atoms with Crippen molar-refractivity contribution in [1.82, 2.24) is 9.38 Å². The first-order valence-corrected chi connectivity index (χ1v) is 5.76. The number of fused-ring (bicyclic) bond motifs is 1. The zero-order chi connectivity index (χ0) is 11.7. The second-order valence-corrected chi connectivity index (χ2v) is 4.42. The largest absolute Gasteiger partial charge is 0.305 e. The number of imidazole rings is 1. The summed E-state index contributed by atoms with van der Waals surface area (Å²) in [6.45, 7) is 6.55. The van der Waals surface area contributed by atoms with Gasteiger partial charge in [-0.25, -0.2) is 9.37 Å². The molecule has 0 bridgehead atoms. The molecule has 0 atom stereocenters. The number of nitrogens with zero attached hydrogens (tertiary/aromatic N) is 2. The number of hydrogen-bond acceptors (Lipinski definition) is 1. The summed E-state index contributed by atoms with van der Waals surface area (Å²) in [6, 6.07) is 1.61. The molecule has 2 aromatic heterocycles. The topological polar surface area (TPSA) is 17.3 Å². The number of aromatic nitrogens is 2. The summed E-state index contributed by atoms with van der Waals surface area (Å²) in [4.78, 5) is 4.15. The van der Waals surface area contributed by atoms with Gasteiger partial charge >= 0.3 is 0 Å². The summed E-state index contributed by atoms with van der Waals surface area (Å²) in [6.07, 6.45) is 6.04. The van der Waals surface area contributed by atoms with Gasteiger partial charge in [-0.3, -0.25) is 0 Å². The van der Waals surface area contributed by atoms with E-state index in [1.54, 1.807) is 10.5 Å². The van der Waals surface area contributed by atoms with Crippen LogP contribution >= 0.6 is 0 Å². The SMILES string of the molecule is CCCB(C)c1cc(F)c2nc(C)cn2c1. The van der Waals surface area contributed by atoms with E-state index < -0.39 is 0 Å². The standard InChI is InChI=1S/C12H16BFN2/c1-4-5-13(3)10-6-11(14)12-15-9(2)7-16(12)8-10/h6-8H,4-5H2,1-3H3. The second kappa shape index (κ2) is 4.28. The van der Waals surface area contributed by atoms with Gasteiger partial charge in [0.2, 0.25) is 0 Å². The number of pyridine rings is 1. The molecule has 2 rings (SSSR count). The highest BCUT2D eigenvalue weighted by molar-refractivity contribution is 6.71. The lowest BCUT2D eigenvalue weighted by Gasteiger charge is -2.08. The van der Waals surface area contributed by atoms with Crippen LogP contribution in [0.2, 0.25) is 13.1 Å². The van der Waals surface area contributed by atoms with E-state index in [1.165, 1.54) is 0 Å². The predicted molar refractivity (Wildman–Crippen MR) is 66.2 cm³/mol. The van der Waals surface area contributed by atoms with Crippen molar-refractivity contribution in [1.29, 1.82) is 0 Å². The summed E-state index contributed by atoms with van der Waals surface area (Å²) < 4.78 is 15.6. The van der Waals surface area contributed by atoms with Gasteiger partial charge in [0.1, 0.15) is 0 Å². The maximum Gasteiger partial charge on any atom is 0.174 e. The molecule has 0 saturated carbocycles. The van der Waals surface area contributed by atoms with E-state index in [2.05, 4.69) is 18.7 Å². The van der Waals surface area contributed by atoms with E-state index >= 15 is 0 Å². The molecular formula is C12H16BFN2. The lowest BCUT2D eigenvalue weighted by Crippen LogP contribution is -2.27. The molecule has 0 amide bonds. The van der Waals surface area contributed by atoms with Crippen LogP contribution in [0.15, 0.2) is 18.5 Å². The summed E-state index contributed by atoms with van der Waals surface area (Å²) in [7, 11) is 0. The van der Waals surface area contributed by atoms with Gasteiger partial charge in [-0.1, -0.05) is 32.0 Å². The van der Waals surface area contributed by atoms with Crippen LogP contribution in [0.25, 0.3) is 5.65 Å². The molecule has 0 aliphatic heterocycles. The van der Waals surface area contributed by atoms with Gasteiger partial charge in [0, 0.05) is 12.4 Å². The zero-order valence-corrected chi connectivity index (χ0v) is 10.00. The third-order valence-corrected chi connectivity index (χ3v) is 2.94. The Balaban J connectivity index is 2.48. The molecule has 2 aromatic rings. The Labute approximate surface area is 95.6 Å². The van der Waals surface area contributed by atoms with Crippen LogP contribution in [0.5, 0.6) is 0 Å². The van der Waals surface area contributed by atoms with Crippen LogP contribution in [0.4, 0.5) is 4.39 Å². The van der Waals surface area contributed by atoms with Crippen LogP contribution < -0.4 is 5.46 Å². The summed E-state index contributed by atoms with van der Waals surface area (Å²) in [5.41, 5.74) is 2.31. The molecule has 16 heavy (non-hydrogen) atoms. The Morgan fingerprint density at radius 3 is 2.88 bits per heavy atom. The molecule has 0 fully saturated rings. The summed E-state index contributed by atoms with van der Waals surface area (Å²) in [5, 5.41) is 0. The van der Waals surface area contributed by atoms with Crippen molar-refractivity contribution in [3.05, 3.63) is 30.0 Å². The molecule has 0 aromatic carbocycles. The first-order valence-electron chi connectivity index (χ1n) is 5.76. The molecule has 0 radical (unpaired) electrons. The Hall–Kier alpha value is -1.32. The van der Waals surface area contributed by atoms with E-state index in [4.69, 9.17) is 0 Å². The molecule has 84 valence electrons. The second-order valence-electron chi connectivity index (χ2n) is 4.42. The molecule has 4 heteroatoms. The molecule has 0 aliphatic carbocycles. The maximum absolute atomic E-state index is 13.8. The fraction of sp³-hybridized carbons (Fsp3) is 0.417. The normalized spacial score (nSPS) is 11.0. The maximum atomic E-state index is 13.8. The van der Waals surface area contributed by atoms with Gasteiger partial charge < -0.3 is 4.40 Å². The molecule has 0 spiro atoms. The van der Waals surface area contributed by atoms with Crippen molar-refractivity contribution < 1.29 is 4.39 Å². The van der Waals surface area contributed by atoms with E-state index in [0.29, 0.717) is 12.4 Å². The van der Waals surface area contributed by atoms with E-state index in [-0.39, 0.29) is 5.82 Å². The number of hydrogen-bond donors (Lipinski definition) is 0. The summed E-state index contributed by atoms with van der Waals surface area (Å²) >= 11 is 0. The number of rotatable bonds is 3. The highest BCUT2D eigenvalue weighted by Crippen LogP contribution is 2.09. The van der Waals surface area contributed by atoms with Gasteiger partial charge in [-0.2, -0.15) is 0 Å². The fourth-order valence-electron chi connectivity index (χ4n) is 2.07.